The van der Waals surface area contributed by atoms with Crippen molar-refractivity contribution in [2.75, 3.05) is 0 Å². The summed E-state index contributed by atoms with van der Waals surface area (Å²) in [5.41, 5.74) is 7.11. The summed E-state index contributed by atoms with van der Waals surface area (Å²) in [4.78, 5) is 0. The van der Waals surface area contributed by atoms with Gasteiger partial charge in [0.1, 0.15) is 5.69 Å². The molecule has 0 fully saturated rings. The normalized spacial score (nSPS) is 11.2. The number of aromatic hydroxyl groups is 1. The van der Waals surface area contributed by atoms with Crippen molar-refractivity contribution in [3.05, 3.63) is 51.0 Å². The maximum absolute atomic E-state index is 9.82. The molecule has 0 amide bonds. The Labute approximate surface area is 130 Å². The lowest BCUT2D eigenvalue weighted by Crippen LogP contribution is -1.94. The largest absolute Gasteiger partial charge is 0.504 e. The molecule has 0 aliphatic rings. The highest BCUT2D eigenvalue weighted by Crippen LogP contribution is 2.44. The fourth-order valence-corrected chi connectivity index (χ4v) is 2.11. The zero-order valence-corrected chi connectivity index (χ0v) is 12.4. The number of halogens is 3. The van der Waals surface area contributed by atoms with E-state index in [0.717, 1.165) is 5.56 Å². The first kappa shape index (κ1) is 15.1. The standard InChI is InChI=1S/C13H10Cl3N3O/c14-9-5-10(15)13(20)12(11(9)16)19-18-8-3-1-7(6-17)2-4-8/h1-5,20H,6,17H2. The molecule has 104 valence electrons. The zero-order chi connectivity index (χ0) is 14.7. The fourth-order valence-electron chi connectivity index (χ4n) is 1.47. The third kappa shape index (κ3) is 3.22. The van der Waals surface area contributed by atoms with Crippen LogP contribution < -0.4 is 5.73 Å². The van der Waals surface area contributed by atoms with Gasteiger partial charge in [-0.15, -0.1) is 5.11 Å². The maximum Gasteiger partial charge on any atom is 0.163 e. The summed E-state index contributed by atoms with van der Waals surface area (Å²) in [6.07, 6.45) is 0. The minimum absolute atomic E-state index is 0.0343. The van der Waals surface area contributed by atoms with Crippen LogP contribution in [0, 0.1) is 0 Å². The Morgan fingerprint density at radius 2 is 1.65 bits per heavy atom. The van der Waals surface area contributed by atoms with Gasteiger partial charge in [-0.3, -0.25) is 0 Å². The van der Waals surface area contributed by atoms with Crippen molar-refractivity contribution in [3.63, 3.8) is 0 Å². The molecule has 7 heteroatoms. The molecule has 0 aliphatic heterocycles. The van der Waals surface area contributed by atoms with Crippen molar-refractivity contribution < 1.29 is 5.11 Å². The van der Waals surface area contributed by atoms with E-state index in [1.54, 1.807) is 12.1 Å². The van der Waals surface area contributed by atoms with Gasteiger partial charge in [-0.25, -0.2) is 0 Å². The van der Waals surface area contributed by atoms with Crippen LogP contribution in [0.2, 0.25) is 15.1 Å². The van der Waals surface area contributed by atoms with Gasteiger partial charge >= 0.3 is 0 Å². The van der Waals surface area contributed by atoms with Gasteiger partial charge in [-0.1, -0.05) is 46.9 Å². The van der Waals surface area contributed by atoms with Gasteiger partial charge in [0.05, 0.1) is 20.8 Å². The maximum atomic E-state index is 9.82. The Hall–Kier alpha value is -1.33. The molecular formula is C13H10Cl3N3O. The molecule has 0 spiro atoms. The van der Waals surface area contributed by atoms with Crippen molar-refractivity contribution in [2.45, 2.75) is 6.54 Å². The number of hydrogen-bond acceptors (Lipinski definition) is 4. The Bertz CT molecular complexity index is 631. The number of nitrogens with zero attached hydrogens (tertiary/aromatic N) is 2. The summed E-state index contributed by atoms with van der Waals surface area (Å²) in [6, 6.07) is 8.52. The van der Waals surface area contributed by atoms with Gasteiger partial charge in [0.2, 0.25) is 0 Å². The van der Waals surface area contributed by atoms with Crippen LogP contribution in [0.15, 0.2) is 40.6 Å². The molecule has 0 unspecified atom stereocenters. The van der Waals surface area contributed by atoms with Crippen molar-refractivity contribution in [1.82, 2.24) is 0 Å². The summed E-state index contributed by atoms with van der Waals surface area (Å²) in [7, 11) is 0. The SMILES string of the molecule is NCc1ccc(N=Nc2c(O)c(Cl)cc(Cl)c2Cl)cc1. The van der Waals surface area contributed by atoms with E-state index in [-0.39, 0.29) is 26.5 Å². The number of phenolic OH excluding ortho intramolecular Hbond substituents is 1. The number of nitrogens with two attached hydrogens (primary N) is 1. The van der Waals surface area contributed by atoms with Gasteiger partial charge in [0, 0.05) is 6.54 Å². The number of phenols is 1. The summed E-state index contributed by atoms with van der Waals surface area (Å²) in [5, 5.41) is 18.0. The molecule has 0 saturated heterocycles. The Kier molecular flexibility index (Phi) is 4.83. The lowest BCUT2D eigenvalue weighted by Gasteiger charge is -2.05. The lowest BCUT2D eigenvalue weighted by atomic mass is 10.2. The molecule has 2 aromatic rings. The van der Waals surface area contributed by atoms with E-state index in [4.69, 9.17) is 40.5 Å². The molecule has 20 heavy (non-hydrogen) atoms. The first-order chi connectivity index (χ1) is 9.52. The van der Waals surface area contributed by atoms with E-state index in [1.165, 1.54) is 6.07 Å². The molecular weight excluding hydrogens is 321 g/mol. The highest BCUT2D eigenvalue weighted by molar-refractivity contribution is 6.45. The highest BCUT2D eigenvalue weighted by atomic mass is 35.5. The van der Waals surface area contributed by atoms with Crippen LogP contribution in [0.25, 0.3) is 0 Å². The van der Waals surface area contributed by atoms with E-state index in [9.17, 15) is 5.11 Å². The van der Waals surface area contributed by atoms with E-state index in [0.29, 0.717) is 12.2 Å². The molecule has 0 saturated carbocycles. The Morgan fingerprint density at radius 1 is 1.00 bits per heavy atom. The second kappa shape index (κ2) is 6.41. The van der Waals surface area contributed by atoms with E-state index >= 15 is 0 Å². The smallest absolute Gasteiger partial charge is 0.163 e. The second-order valence-corrected chi connectivity index (χ2v) is 5.11. The van der Waals surface area contributed by atoms with Gasteiger partial charge in [-0.2, -0.15) is 5.11 Å². The van der Waals surface area contributed by atoms with Crippen molar-refractivity contribution in [3.8, 4) is 5.75 Å². The molecule has 2 rings (SSSR count). The predicted octanol–water partition coefficient (Wildman–Crippen LogP) is 5.23. The number of rotatable bonds is 3. The minimum Gasteiger partial charge on any atom is -0.504 e. The molecule has 3 N–H and O–H groups in total. The Balaban J connectivity index is 2.35. The molecule has 0 aromatic heterocycles. The van der Waals surface area contributed by atoms with Crippen molar-refractivity contribution in [2.24, 2.45) is 16.0 Å². The van der Waals surface area contributed by atoms with Gasteiger partial charge in [0.15, 0.2) is 5.75 Å². The summed E-state index contributed by atoms with van der Waals surface area (Å²) in [6.45, 7) is 0.452. The van der Waals surface area contributed by atoms with Crippen LogP contribution in [-0.2, 0) is 6.54 Å². The van der Waals surface area contributed by atoms with Crippen molar-refractivity contribution >= 4 is 46.2 Å². The summed E-state index contributed by atoms with van der Waals surface area (Å²) < 4.78 is 0. The highest BCUT2D eigenvalue weighted by Gasteiger charge is 2.14. The third-order valence-electron chi connectivity index (χ3n) is 2.56. The van der Waals surface area contributed by atoms with Crippen LogP contribution in [0.3, 0.4) is 0 Å². The molecule has 0 bridgehead atoms. The van der Waals surface area contributed by atoms with Gasteiger partial charge in [0.25, 0.3) is 0 Å². The van der Waals surface area contributed by atoms with Gasteiger partial charge in [-0.05, 0) is 23.8 Å². The quantitative estimate of drug-likeness (QED) is 0.597. The first-order valence-corrected chi connectivity index (χ1v) is 6.73. The third-order valence-corrected chi connectivity index (χ3v) is 3.62. The number of hydrogen-bond donors (Lipinski definition) is 2. The van der Waals surface area contributed by atoms with E-state index < -0.39 is 0 Å². The van der Waals surface area contributed by atoms with Crippen LogP contribution in [0.5, 0.6) is 5.75 Å². The Morgan fingerprint density at radius 3 is 2.25 bits per heavy atom. The number of benzene rings is 2. The molecule has 2 aromatic carbocycles. The monoisotopic (exact) mass is 329 g/mol. The molecule has 0 aliphatic carbocycles. The van der Waals surface area contributed by atoms with Crippen LogP contribution in [0.1, 0.15) is 5.56 Å². The van der Waals surface area contributed by atoms with Gasteiger partial charge < -0.3 is 10.8 Å². The molecule has 0 heterocycles. The topological polar surface area (TPSA) is 71.0 Å². The lowest BCUT2D eigenvalue weighted by molar-refractivity contribution is 0.476. The van der Waals surface area contributed by atoms with Crippen LogP contribution in [0.4, 0.5) is 11.4 Å². The molecule has 4 nitrogen and oxygen atoms in total. The predicted molar refractivity (Wildman–Crippen MR) is 81.6 cm³/mol. The average Bonchev–Trinajstić information content (AvgIpc) is 2.46. The molecule has 0 atom stereocenters. The summed E-state index contributed by atoms with van der Waals surface area (Å²) >= 11 is 17.6. The molecule has 0 radical (unpaired) electrons. The van der Waals surface area contributed by atoms with Crippen LogP contribution in [-0.4, -0.2) is 5.11 Å². The zero-order valence-electron chi connectivity index (χ0n) is 10.1. The van der Waals surface area contributed by atoms with E-state index in [2.05, 4.69) is 10.2 Å². The summed E-state index contributed by atoms with van der Waals surface area (Å²) in [5.74, 6) is -0.261. The minimum atomic E-state index is -0.261. The average molecular weight is 331 g/mol. The fraction of sp³-hybridized carbons (Fsp3) is 0.0769. The van der Waals surface area contributed by atoms with E-state index in [1.807, 2.05) is 12.1 Å². The van der Waals surface area contributed by atoms with Crippen LogP contribution >= 0.6 is 34.8 Å². The first-order valence-electron chi connectivity index (χ1n) is 5.60. The number of azo groups is 1. The van der Waals surface area contributed by atoms with Crippen molar-refractivity contribution in [1.29, 1.82) is 0 Å². The second-order valence-electron chi connectivity index (χ2n) is 3.92.